The predicted molar refractivity (Wildman–Crippen MR) is 51.3 cm³/mol. The van der Waals surface area contributed by atoms with Crippen LogP contribution in [0.25, 0.3) is 5.69 Å². The largest absolute Gasteiger partial charge is 0.384 e. The molecule has 1 aliphatic rings. The second kappa shape index (κ2) is 2.80. The highest BCUT2D eigenvalue weighted by Gasteiger charge is 2.10. The molecule has 2 heterocycles. The molecule has 0 bridgehead atoms. The van der Waals surface area contributed by atoms with Crippen molar-refractivity contribution < 1.29 is 0 Å². The number of nitrogens with one attached hydrogen (secondary N) is 1. The third-order valence-corrected chi connectivity index (χ3v) is 2.41. The number of benzene rings is 1. The Morgan fingerprint density at radius 3 is 3.21 bits per heavy atom. The van der Waals surface area contributed by atoms with E-state index in [9.17, 15) is 0 Å². The van der Waals surface area contributed by atoms with Gasteiger partial charge in [0.15, 0.2) is 0 Å². The maximum Gasteiger partial charge on any atom is 0.143 e. The third-order valence-electron chi connectivity index (χ3n) is 2.41. The van der Waals surface area contributed by atoms with Crippen LogP contribution in [0, 0.1) is 0 Å². The molecule has 1 aromatic heterocycles. The number of anilines is 1. The molecule has 70 valence electrons. The van der Waals surface area contributed by atoms with E-state index in [1.165, 1.54) is 11.3 Å². The zero-order valence-electron chi connectivity index (χ0n) is 7.51. The molecule has 0 spiro atoms. The summed E-state index contributed by atoms with van der Waals surface area (Å²) in [5, 5.41) is 14.4. The van der Waals surface area contributed by atoms with Gasteiger partial charge >= 0.3 is 0 Å². The van der Waals surface area contributed by atoms with Gasteiger partial charge in [0, 0.05) is 12.2 Å². The Labute approximate surface area is 80.7 Å². The first kappa shape index (κ1) is 7.49. The van der Waals surface area contributed by atoms with Gasteiger partial charge in [0.05, 0.1) is 5.69 Å². The summed E-state index contributed by atoms with van der Waals surface area (Å²) in [6.45, 7) is 1.02. The van der Waals surface area contributed by atoms with Crippen molar-refractivity contribution in [1.29, 1.82) is 0 Å². The quantitative estimate of drug-likeness (QED) is 0.711. The minimum Gasteiger partial charge on any atom is -0.384 e. The van der Waals surface area contributed by atoms with E-state index in [0.29, 0.717) is 0 Å². The van der Waals surface area contributed by atoms with Crippen molar-refractivity contribution in [3.05, 3.63) is 30.1 Å². The van der Waals surface area contributed by atoms with Gasteiger partial charge in [0.1, 0.15) is 6.33 Å². The second-order valence-corrected chi connectivity index (χ2v) is 3.27. The Bertz CT molecular complexity index is 448. The molecule has 1 aliphatic heterocycles. The molecule has 3 rings (SSSR count). The van der Waals surface area contributed by atoms with Crippen molar-refractivity contribution in [3.8, 4) is 5.69 Å². The van der Waals surface area contributed by atoms with Crippen molar-refractivity contribution in [2.45, 2.75) is 6.42 Å². The van der Waals surface area contributed by atoms with Gasteiger partial charge in [-0.05, 0) is 40.6 Å². The fourth-order valence-corrected chi connectivity index (χ4v) is 1.71. The van der Waals surface area contributed by atoms with Crippen LogP contribution in [-0.2, 0) is 6.42 Å². The van der Waals surface area contributed by atoms with Gasteiger partial charge in [-0.1, -0.05) is 0 Å². The van der Waals surface area contributed by atoms with Gasteiger partial charge in [-0.3, -0.25) is 0 Å². The summed E-state index contributed by atoms with van der Waals surface area (Å²) < 4.78 is 1.67. The molecule has 14 heavy (non-hydrogen) atoms. The molecule has 0 saturated carbocycles. The molecule has 0 saturated heterocycles. The normalized spacial score (nSPS) is 13.7. The molecule has 0 unspecified atom stereocenters. The van der Waals surface area contributed by atoms with Crippen LogP contribution in [0.4, 0.5) is 5.69 Å². The molecule has 0 fully saturated rings. The molecule has 5 nitrogen and oxygen atoms in total. The zero-order chi connectivity index (χ0) is 9.38. The fourth-order valence-electron chi connectivity index (χ4n) is 1.71. The van der Waals surface area contributed by atoms with Crippen LogP contribution >= 0.6 is 0 Å². The molecule has 0 atom stereocenters. The van der Waals surface area contributed by atoms with Gasteiger partial charge in [-0.25, -0.2) is 4.68 Å². The Balaban J connectivity index is 2.09. The van der Waals surface area contributed by atoms with E-state index < -0.39 is 0 Å². The molecular formula is C9H9N5. The Morgan fingerprint density at radius 1 is 1.36 bits per heavy atom. The minimum absolute atomic E-state index is 1.01. The molecular weight excluding hydrogens is 178 g/mol. The number of fused-ring (bicyclic) bond motifs is 1. The van der Waals surface area contributed by atoms with Crippen molar-refractivity contribution in [2.24, 2.45) is 0 Å². The molecule has 0 radical (unpaired) electrons. The van der Waals surface area contributed by atoms with E-state index in [-0.39, 0.29) is 0 Å². The van der Waals surface area contributed by atoms with Crippen LogP contribution in [0.15, 0.2) is 24.5 Å². The molecule has 5 heteroatoms. The van der Waals surface area contributed by atoms with Crippen LogP contribution in [0.1, 0.15) is 5.56 Å². The zero-order valence-corrected chi connectivity index (χ0v) is 7.51. The van der Waals surface area contributed by atoms with E-state index in [1.54, 1.807) is 11.0 Å². The molecule has 0 amide bonds. The average molecular weight is 187 g/mol. The SMILES string of the molecule is c1cc2c(cc1-n1cnnn1)CCN2. The lowest BCUT2D eigenvalue weighted by Gasteiger charge is -2.02. The topological polar surface area (TPSA) is 55.6 Å². The van der Waals surface area contributed by atoms with Crippen molar-refractivity contribution in [2.75, 3.05) is 11.9 Å². The smallest absolute Gasteiger partial charge is 0.143 e. The number of tetrazole rings is 1. The number of hydrogen-bond acceptors (Lipinski definition) is 4. The standard InChI is InChI=1S/C9H9N5/c1-2-9-7(3-4-10-9)5-8(1)14-6-11-12-13-14/h1-2,5-6,10H,3-4H2. The summed E-state index contributed by atoms with van der Waals surface area (Å²) in [5.41, 5.74) is 3.57. The Hall–Kier alpha value is -1.91. The first-order valence-electron chi connectivity index (χ1n) is 4.54. The molecule has 2 aromatic rings. The lowest BCUT2D eigenvalue weighted by Crippen LogP contribution is -1.95. The van der Waals surface area contributed by atoms with Crippen LogP contribution in [-0.4, -0.2) is 26.8 Å². The fraction of sp³-hybridized carbons (Fsp3) is 0.222. The molecule has 1 N–H and O–H groups in total. The van der Waals surface area contributed by atoms with Crippen molar-refractivity contribution in [1.82, 2.24) is 20.2 Å². The summed E-state index contributed by atoms with van der Waals surface area (Å²) in [4.78, 5) is 0. The van der Waals surface area contributed by atoms with Gasteiger partial charge in [0.2, 0.25) is 0 Å². The van der Waals surface area contributed by atoms with Gasteiger partial charge in [-0.2, -0.15) is 0 Å². The molecule has 1 aromatic carbocycles. The van der Waals surface area contributed by atoms with Crippen LogP contribution in [0.3, 0.4) is 0 Å². The highest BCUT2D eigenvalue weighted by atomic mass is 15.5. The minimum atomic E-state index is 1.01. The van der Waals surface area contributed by atoms with E-state index in [0.717, 1.165) is 18.7 Å². The highest BCUT2D eigenvalue weighted by Crippen LogP contribution is 2.23. The Kier molecular flexibility index (Phi) is 1.50. The Morgan fingerprint density at radius 2 is 2.36 bits per heavy atom. The summed E-state index contributed by atoms with van der Waals surface area (Å²) >= 11 is 0. The highest BCUT2D eigenvalue weighted by molar-refractivity contribution is 5.59. The molecule has 0 aliphatic carbocycles. The third kappa shape index (κ3) is 1.06. The first-order valence-corrected chi connectivity index (χ1v) is 4.54. The van der Waals surface area contributed by atoms with E-state index in [2.05, 4.69) is 33.0 Å². The monoisotopic (exact) mass is 187 g/mol. The number of hydrogen-bond donors (Lipinski definition) is 1. The van der Waals surface area contributed by atoms with Crippen LogP contribution in [0.5, 0.6) is 0 Å². The lowest BCUT2D eigenvalue weighted by atomic mass is 10.1. The number of rotatable bonds is 1. The maximum absolute atomic E-state index is 3.85. The maximum atomic E-state index is 3.85. The second-order valence-electron chi connectivity index (χ2n) is 3.27. The number of nitrogens with zero attached hydrogens (tertiary/aromatic N) is 4. The predicted octanol–water partition coefficient (Wildman–Crippen LogP) is 0.630. The lowest BCUT2D eigenvalue weighted by molar-refractivity contribution is 0.788. The van der Waals surface area contributed by atoms with E-state index >= 15 is 0 Å². The van der Waals surface area contributed by atoms with E-state index in [4.69, 9.17) is 0 Å². The van der Waals surface area contributed by atoms with Crippen molar-refractivity contribution in [3.63, 3.8) is 0 Å². The van der Waals surface area contributed by atoms with Gasteiger partial charge < -0.3 is 5.32 Å². The average Bonchev–Trinajstić information content (AvgIpc) is 2.88. The summed E-state index contributed by atoms with van der Waals surface area (Å²) in [7, 11) is 0. The summed E-state index contributed by atoms with van der Waals surface area (Å²) in [6.07, 6.45) is 2.68. The van der Waals surface area contributed by atoms with Crippen LogP contribution < -0.4 is 5.32 Å². The van der Waals surface area contributed by atoms with Gasteiger partial charge in [0.25, 0.3) is 0 Å². The van der Waals surface area contributed by atoms with Gasteiger partial charge in [-0.15, -0.1) is 5.10 Å². The number of aromatic nitrogens is 4. The summed E-state index contributed by atoms with van der Waals surface area (Å²) in [6, 6.07) is 6.19. The van der Waals surface area contributed by atoms with Crippen LogP contribution in [0.2, 0.25) is 0 Å². The summed E-state index contributed by atoms with van der Waals surface area (Å²) in [5.74, 6) is 0. The first-order chi connectivity index (χ1) is 6.93. The van der Waals surface area contributed by atoms with E-state index in [1.807, 2.05) is 6.07 Å². The van der Waals surface area contributed by atoms with Crippen molar-refractivity contribution >= 4 is 5.69 Å².